The quantitative estimate of drug-likeness (QED) is 0.321. The Bertz CT molecular complexity index is 1260. The van der Waals surface area contributed by atoms with Gasteiger partial charge in [-0.15, -0.1) is 11.3 Å². The predicted octanol–water partition coefficient (Wildman–Crippen LogP) is 5.65. The third-order valence-electron chi connectivity index (χ3n) is 4.81. The molecule has 0 atom stereocenters. The summed E-state index contributed by atoms with van der Waals surface area (Å²) in [6, 6.07) is 17.8. The summed E-state index contributed by atoms with van der Waals surface area (Å²) in [6.45, 7) is 0.00735. The monoisotopic (exact) mass is 418 g/mol. The van der Waals surface area contributed by atoms with Crippen LogP contribution in [0.15, 0.2) is 78.6 Å². The minimum atomic E-state index is -0.370. The topological polar surface area (TPSA) is 44.3 Å². The lowest BCUT2D eigenvalue weighted by molar-refractivity contribution is 0.289. The molecule has 4 heterocycles. The van der Waals surface area contributed by atoms with Crippen LogP contribution in [-0.2, 0) is 0 Å². The minimum absolute atomic E-state index is 0.370. The maximum absolute atomic E-state index is 12.2. The maximum atomic E-state index is 12.2. The van der Waals surface area contributed by atoms with E-state index in [1.165, 1.54) is 0 Å². The normalized spacial score (nSPS) is 11.2. The highest BCUT2D eigenvalue weighted by molar-refractivity contribution is 7.14. The molecule has 0 saturated carbocycles. The van der Waals surface area contributed by atoms with Crippen LogP contribution in [-0.4, -0.2) is 32.4 Å². The Hall–Kier alpha value is -3.45. The summed E-state index contributed by atoms with van der Waals surface area (Å²) < 4.78 is 21.8. The number of aromatic nitrogens is 4. The third-order valence-corrected chi connectivity index (χ3v) is 5.74. The molecule has 1 aromatic carbocycles. The minimum Gasteiger partial charge on any atom is -0.493 e. The number of alkyl halides is 1. The molecule has 0 spiro atoms. The van der Waals surface area contributed by atoms with Crippen molar-refractivity contribution in [2.75, 3.05) is 13.3 Å². The summed E-state index contributed by atoms with van der Waals surface area (Å²) in [5.74, 6) is 0.730. The molecule has 5 nitrogen and oxygen atoms in total. The molecule has 150 valence electrons. The first-order valence-electron chi connectivity index (χ1n) is 9.69. The molecular weight excluding hydrogens is 399 g/mol. The fourth-order valence-corrected chi connectivity index (χ4v) is 4.23. The van der Waals surface area contributed by atoms with Gasteiger partial charge < -0.3 is 9.30 Å². The lowest BCUT2D eigenvalue weighted by atomic mass is 10.1. The van der Waals surface area contributed by atoms with E-state index in [1.807, 2.05) is 65.4 Å². The average molecular weight is 418 g/mol. The Morgan fingerprint density at radius 2 is 1.87 bits per heavy atom. The van der Waals surface area contributed by atoms with Crippen molar-refractivity contribution >= 4 is 17.0 Å². The van der Waals surface area contributed by atoms with E-state index in [9.17, 15) is 4.39 Å². The number of benzene rings is 1. The zero-order valence-electron chi connectivity index (χ0n) is 16.1. The van der Waals surface area contributed by atoms with E-state index in [2.05, 4.69) is 21.0 Å². The van der Waals surface area contributed by atoms with Crippen LogP contribution in [0.5, 0.6) is 5.75 Å². The highest BCUT2D eigenvalue weighted by atomic mass is 32.1. The van der Waals surface area contributed by atoms with Crippen LogP contribution in [0.3, 0.4) is 0 Å². The highest BCUT2D eigenvalue weighted by Crippen LogP contribution is 2.33. The fraction of sp³-hybridized carbons (Fsp3) is 0.130. The maximum Gasteiger partial charge on any atom is 0.156 e. The summed E-state index contributed by atoms with van der Waals surface area (Å²) in [7, 11) is 0. The molecule has 0 bridgehead atoms. The van der Waals surface area contributed by atoms with Crippen LogP contribution < -0.4 is 4.74 Å². The van der Waals surface area contributed by atoms with Gasteiger partial charge in [-0.2, -0.15) is 5.10 Å². The van der Waals surface area contributed by atoms with E-state index in [0.717, 1.165) is 38.9 Å². The number of hydrogen-bond acceptors (Lipinski definition) is 4. The molecule has 0 saturated heterocycles. The van der Waals surface area contributed by atoms with E-state index in [0.29, 0.717) is 13.0 Å². The molecule has 4 aromatic heterocycles. The van der Waals surface area contributed by atoms with Crippen LogP contribution in [0.2, 0.25) is 0 Å². The number of fused-ring (bicyclic) bond motifs is 1. The van der Waals surface area contributed by atoms with Gasteiger partial charge in [0.05, 0.1) is 29.5 Å². The SMILES string of the molecule is FCCCOc1ccc(-c2ccnc3cc(-c4sccc4-n4cccc4)nn23)cc1. The lowest BCUT2D eigenvalue weighted by Crippen LogP contribution is -1.98. The van der Waals surface area contributed by atoms with Crippen molar-refractivity contribution in [3.63, 3.8) is 0 Å². The number of halogens is 1. The Morgan fingerprint density at radius 1 is 1.03 bits per heavy atom. The van der Waals surface area contributed by atoms with Crippen LogP contribution in [0.1, 0.15) is 6.42 Å². The number of rotatable bonds is 7. The van der Waals surface area contributed by atoms with Crippen molar-refractivity contribution in [2.45, 2.75) is 6.42 Å². The Kier molecular flexibility index (Phi) is 5.03. The fourth-order valence-electron chi connectivity index (χ4n) is 3.38. The van der Waals surface area contributed by atoms with Crippen molar-refractivity contribution in [2.24, 2.45) is 0 Å². The zero-order valence-corrected chi connectivity index (χ0v) is 16.9. The second-order valence-corrected chi connectivity index (χ2v) is 7.69. The van der Waals surface area contributed by atoms with Gasteiger partial charge in [-0.1, -0.05) is 0 Å². The first kappa shape index (κ1) is 18.6. The van der Waals surface area contributed by atoms with E-state index >= 15 is 0 Å². The molecule has 0 aliphatic heterocycles. The molecule has 5 aromatic rings. The number of ether oxygens (including phenoxy) is 1. The molecule has 0 radical (unpaired) electrons. The molecule has 7 heteroatoms. The largest absolute Gasteiger partial charge is 0.493 e. The molecule has 0 unspecified atom stereocenters. The van der Waals surface area contributed by atoms with E-state index < -0.39 is 0 Å². The van der Waals surface area contributed by atoms with Gasteiger partial charge in [0.25, 0.3) is 0 Å². The molecular formula is C23H19FN4OS. The van der Waals surface area contributed by atoms with E-state index in [-0.39, 0.29) is 6.67 Å². The molecule has 0 N–H and O–H groups in total. The predicted molar refractivity (Wildman–Crippen MR) is 117 cm³/mol. The van der Waals surface area contributed by atoms with Gasteiger partial charge in [0, 0.05) is 36.6 Å². The molecule has 0 aliphatic rings. The van der Waals surface area contributed by atoms with Gasteiger partial charge in [0.15, 0.2) is 5.65 Å². The highest BCUT2D eigenvalue weighted by Gasteiger charge is 2.15. The van der Waals surface area contributed by atoms with Gasteiger partial charge >= 0.3 is 0 Å². The second-order valence-electron chi connectivity index (χ2n) is 6.77. The zero-order chi connectivity index (χ0) is 20.3. The van der Waals surface area contributed by atoms with Gasteiger partial charge in [0.2, 0.25) is 0 Å². The van der Waals surface area contributed by atoms with Crippen molar-refractivity contribution in [3.8, 4) is 33.3 Å². The molecule has 30 heavy (non-hydrogen) atoms. The van der Waals surface area contributed by atoms with E-state index in [1.54, 1.807) is 17.5 Å². The molecule has 5 rings (SSSR count). The number of thiophene rings is 1. The van der Waals surface area contributed by atoms with Gasteiger partial charge in [0.1, 0.15) is 11.4 Å². The summed E-state index contributed by atoms with van der Waals surface area (Å²) >= 11 is 1.66. The van der Waals surface area contributed by atoms with Gasteiger partial charge in [-0.05, 0) is 53.9 Å². The molecule has 0 amide bonds. The Balaban J connectivity index is 1.50. The molecule has 0 fully saturated rings. The van der Waals surface area contributed by atoms with Crippen LogP contribution >= 0.6 is 11.3 Å². The second kappa shape index (κ2) is 8.12. The number of nitrogens with zero attached hydrogens (tertiary/aromatic N) is 4. The van der Waals surface area contributed by atoms with Crippen LogP contribution in [0, 0.1) is 0 Å². The summed E-state index contributed by atoms with van der Waals surface area (Å²) in [5.41, 5.74) is 4.73. The van der Waals surface area contributed by atoms with Gasteiger partial charge in [-0.25, -0.2) is 9.50 Å². The van der Waals surface area contributed by atoms with Crippen LogP contribution in [0.25, 0.3) is 33.2 Å². The third kappa shape index (κ3) is 3.48. The first-order valence-corrected chi connectivity index (χ1v) is 10.6. The summed E-state index contributed by atoms with van der Waals surface area (Å²) in [5, 5.41) is 6.94. The standard InChI is InChI=1S/C23H19FN4OS/c24-10-3-14-29-18-6-4-17(5-7-18)20-8-11-25-22-16-19(26-28(20)22)23-21(9-15-30-23)27-12-1-2-13-27/h1-2,4-9,11-13,15-16H,3,10,14H2. The van der Waals surface area contributed by atoms with Crippen molar-refractivity contribution in [3.05, 3.63) is 78.6 Å². The smallest absolute Gasteiger partial charge is 0.156 e. The first-order chi connectivity index (χ1) is 14.8. The van der Waals surface area contributed by atoms with Crippen molar-refractivity contribution < 1.29 is 9.13 Å². The Morgan fingerprint density at radius 3 is 2.67 bits per heavy atom. The van der Waals surface area contributed by atoms with Crippen molar-refractivity contribution in [1.29, 1.82) is 0 Å². The Labute approximate surface area is 177 Å². The van der Waals surface area contributed by atoms with Gasteiger partial charge in [-0.3, -0.25) is 4.39 Å². The molecule has 0 aliphatic carbocycles. The lowest BCUT2D eigenvalue weighted by Gasteiger charge is -2.07. The van der Waals surface area contributed by atoms with E-state index in [4.69, 9.17) is 9.84 Å². The summed E-state index contributed by atoms with van der Waals surface area (Å²) in [6.07, 6.45) is 6.25. The average Bonchev–Trinajstić information content (AvgIpc) is 3.53. The number of hydrogen-bond donors (Lipinski definition) is 0. The van der Waals surface area contributed by atoms with Crippen LogP contribution in [0.4, 0.5) is 4.39 Å². The van der Waals surface area contributed by atoms with Crippen molar-refractivity contribution in [1.82, 2.24) is 19.2 Å². The summed E-state index contributed by atoms with van der Waals surface area (Å²) in [4.78, 5) is 5.59.